The van der Waals surface area contributed by atoms with Crippen LogP contribution in [0.2, 0.25) is 5.02 Å². The van der Waals surface area contributed by atoms with E-state index in [0.29, 0.717) is 10.0 Å². The Morgan fingerprint density at radius 3 is 2.53 bits per heavy atom. The molecule has 0 heterocycles. The largest absolute Gasteiger partial charge is 0.205 e. The topological polar surface area (TPSA) is 47.6 Å². The van der Waals surface area contributed by atoms with Crippen molar-refractivity contribution in [3.8, 4) is 12.1 Å². The maximum atomic E-state index is 12.9. The lowest BCUT2D eigenvalue weighted by molar-refractivity contribution is 0.627. The molecule has 2 nitrogen and oxygen atoms in total. The minimum absolute atomic E-state index is 0.0559. The molecule has 0 N–H and O–H groups in total. The number of nitriles is 2. The van der Waals surface area contributed by atoms with Gasteiger partial charge in [-0.05, 0) is 23.8 Å². The quantitative estimate of drug-likeness (QED) is 0.584. The normalized spacial score (nSPS) is 8.87. The molecular formula is C10H3BrClFN2. The molecule has 1 aromatic carbocycles. The Kier molecular flexibility index (Phi) is 3.85. The van der Waals surface area contributed by atoms with E-state index in [4.69, 9.17) is 22.1 Å². The molecule has 0 bridgehead atoms. The molecule has 0 unspecified atom stereocenters. The number of nitrogens with zero attached hydrogens (tertiary/aromatic N) is 2. The van der Waals surface area contributed by atoms with Crippen LogP contribution in [0.5, 0.6) is 0 Å². The average molecular weight is 286 g/mol. The summed E-state index contributed by atoms with van der Waals surface area (Å²) in [5, 5.41) is 17.0. The van der Waals surface area contributed by atoms with Gasteiger partial charge >= 0.3 is 0 Å². The second kappa shape index (κ2) is 4.93. The van der Waals surface area contributed by atoms with Gasteiger partial charge in [-0.2, -0.15) is 10.5 Å². The second-order valence-corrected chi connectivity index (χ2v) is 3.83. The molecule has 0 radical (unpaired) electrons. The van der Waals surface area contributed by atoms with E-state index in [2.05, 4.69) is 15.9 Å². The fourth-order valence-electron chi connectivity index (χ4n) is 0.894. The molecule has 15 heavy (non-hydrogen) atoms. The van der Waals surface area contributed by atoms with Gasteiger partial charge in [0.15, 0.2) is 0 Å². The minimum atomic E-state index is -0.559. The summed E-state index contributed by atoms with van der Waals surface area (Å²) in [5.74, 6) is -0.559. The van der Waals surface area contributed by atoms with E-state index in [1.165, 1.54) is 18.2 Å². The summed E-state index contributed by atoms with van der Waals surface area (Å²) in [6.07, 6.45) is 1.33. The van der Waals surface area contributed by atoms with Gasteiger partial charge in [-0.15, -0.1) is 0 Å². The smallest absolute Gasteiger partial charge is 0.142 e. The van der Waals surface area contributed by atoms with Crippen LogP contribution < -0.4 is 0 Å². The number of allylic oxidation sites excluding steroid dienone is 1. The number of benzene rings is 1. The van der Waals surface area contributed by atoms with Gasteiger partial charge in [-0.1, -0.05) is 27.5 Å². The van der Waals surface area contributed by atoms with E-state index < -0.39 is 5.82 Å². The zero-order valence-electron chi connectivity index (χ0n) is 7.26. The van der Waals surface area contributed by atoms with Crippen molar-refractivity contribution in [3.63, 3.8) is 0 Å². The molecule has 0 saturated carbocycles. The lowest BCUT2D eigenvalue weighted by Crippen LogP contribution is -1.83. The molecule has 0 spiro atoms. The van der Waals surface area contributed by atoms with Gasteiger partial charge in [0.2, 0.25) is 0 Å². The number of rotatable bonds is 1. The van der Waals surface area contributed by atoms with Gasteiger partial charge < -0.3 is 0 Å². The molecule has 0 aliphatic carbocycles. The molecule has 1 rings (SSSR count). The molecular weight excluding hydrogens is 282 g/mol. The fourth-order valence-corrected chi connectivity index (χ4v) is 1.50. The molecule has 5 heteroatoms. The van der Waals surface area contributed by atoms with Crippen molar-refractivity contribution in [2.45, 2.75) is 0 Å². The Morgan fingerprint density at radius 2 is 2.00 bits per heavy atom. The fraction of sp³-hybridized carbons (Fsp3) is 0. The molecule has 0 fully saturated rings. The third-order valence-corrected chi connectivity index (χ3v) is 2.56. The van der Waals surface area contributed by atoms with E-state index in [-0.39, 0.29) is 10.6 Å². The zero-order chi connectivity index (χ0) is 11.4. The highest BCUT2D eigenvalue weighted by molar-refractivity contribution is 9.10. The Bertz CT molecular complexity index is 495. The highest BCUT2D eigenvalue weighted by Gasteiger charge is 2.05. The van der Waals surface area contributed by atoms with Crippen LogP contribution >= 0.6 is 27.5 Å². The first-order valence-electron chi connectivity index (χ1n) is 3.75. The third kappa shape index (κ3) is 2.79. The van der Waals surface area contributed by atoms with Crippen LogP contribution in [0, 0.1) is 28.5 Å². The summed E-state index contributed by atoms with van der Waals surface area (Å²) in [7, 11) is 0. The van der Waals surface area contributed by atoms with Gasteiger partial charge in [-0.3, -0.25) is 0 Å². The van der Waals surface area contributed by atoms with Crippen molar-refractivity contribution in [2.24, 2.45) is 0 Å². The Labute approximate surface area is 99.3 Å². The van der Waals surface area contributed by atoms with Gasteiger partial charge in [0, 0.05) is 4.47 Å². The van der Waals surface area contributed by atoms with Crippen molar-refractivity contribution in [1.82, 2.24) is 0 Å². The molecule has 74 valence electrons. The van der Waals surface area contributed by atoms with Crippen LogP contribution in [-0.2, 0) is 0 Å². The van der Waals surface area contributed by atoms with Crippen molar-refractivity contribution in [2.75, 3.05) is 0 Å². The summed E-state index contributed by atoms with van der Waals surface area (Å²) >= 11 is 8.67. The predicted molar refractivity (Wildman–Crippen MR) is 58.3 cm³/mol. The van der Waals surface area contributed by atoms with Gasteiger partial charge in [-0.25, -0.2) is 4.39 Å². The lowest BCUT2D eigenvalue weighted by atomic mass is 10.1. The number of halogens is 3. The van der Waals surface area contributed by atoms with E-state index in [9.17, 15) is 4.39 Å². The van der Waals surface area contributed by atoms with Crippen LogP contribution in [0.4, 0.5) is 4.39 Å². The highest BCUT2D eigenvalue weighted by atomic mass is 79.9. The maximum absolute atomic E-state index is 12.9. The van der Waals surface area contributed by atoms with Crippen LogP contribution in [0.25, 0.3) is 6.08 Å². The lowest BCUT2D eigenvalue weighted by Gasteiger charge is -2.00. The Balaban J connectivity index is 3.30. The van der Waals surface area contributed by atoms with Crippen molar-refractivity contribution < 1.29 is 4.39 Å². The maximum Gasteiger partial charge on any atom is 0.142 e. The second-order valence-electron chi connectivity index (χ2n) is 2.57. The first kappa shape index (κ1) is 11.7. The minimum Gasteiger partial charge on any atom is -0.205 e. The monoisotopic (exact) mass is 284 g/mol. The molecule has 0 aliphatic heterocycles. The van der Waals surface area contributed by atoms with Gasteiger partial charge in [0.1, 0.15) is 23.5 Å². The highest BCUT2D eigenvalue weighted by Crippen LogP contribution is 2.26. The summed E-state index contributed by atoms with van der Waals surface area (Å²) in [6.45, 7) is 0. The molecule has 0 saturated heterocycles. The van der Waals surface area contributed by atoms with Gasteiger partial charge in [0.05, 0.1) is 5.02 Å². The van der Waals surface area contributed by atoms with Crippen LogP contribution in [0.3, 0.4) is 0 Å². The first-order chi connectivity index (χ1) is 7.08. The van der Waals surface area contributed by atoms with E-state index >= 15 is 0 Å². The number of hydrogen-bond acceptors (Lipinski definition) is 2. The van der Waals surface area contributed by atoms with E-state index in [1.807, 2.05) is 0 Å². The van der Waals surface area contributed by atoms with E-state index in [0.717, 1.165) is 0 Å². The molecule has 0 aromatic heterocycles. The Morgan fingerprint density at radius 1 is 1.40 bits per heavy atom. The number of hydrogen-bond donors (Lipinski definition) is 0. The van der Waals surface area contributed by atoms with Crippen LogP contribution in [0.1, 0.15) is 5.56 Å². The molecule has 0 amide bonds. The van der Waals surface area contributed by atoms with Crippen molar-refractivity contribution in [3.05, 3.63) is 38.6 Å². The van der Waals surface area contributed by atoms with Crippen molar-refractivity contribution in [1.29, 1.82) is 10.5 Å². The molecule has 0 atom stereocenters. The molecule has 0 aliphatic rings. The van der Waals surface area contributed by atoms with Crippen molar-refractivity contribution >= 4 is 33.6 Å². The SMILES string of the molecule is N#CC(C#N)=Cc1cc(Cl)c(F)cc1Br. The Hall–Kier alpha value is -1.36. The third-order valence-electron chi connectivity index (χ3n) is 1.58. The summed E-state index contributed by atoms with van der Waals surface area (Å²) in [6, 6.07) is 5.93. The van der Waals surface area contributed by atoms with Crippen LogP contribution in [0.15, 0.2) is 22.2 Å². The zero-order valence-corrected chi connectivity index (χ0v) is 9.60. The summed E-state index contributed by atoms with van der Waals surface area (Å²) in [5.41, 5.74) is 0.415. The average Bonchev–Trinajstić information content (AvgIpc) is 2.21. The van der Waals surface area contributed by atoms with E-state index in [1.54, 1.807) is 12.1 Å². The summed E-state index contributed by atoms with van der Waals surface area (Å²) < 4.78 is 13.4. The predicted octanol–water partition coefficient (Wildman–Crippen LogP) is 3.67. The van der Waals surface area contributed by atoms with Crippen LogP contribution in [-0.4, -0.2) is 0 Å². The first-order valence-corrected chi connectivity index (χ1v) is 4.92. The standard InChI is InChI=1S/C10H3BrClFN2/c11-8-3-10(13)9(12)2-7(8)1-6(4-14)5-15/h1-3H. The summed E-state index contributed by atoms with van der Waals surface area (Å²) in [4.78, 5) is 0. The molecule has 1 aromatic rings. The van der Waals surface area contributed by atoms with Gasteiger partial charge in [0.25, 0.3) is 0 Å².